The second-order valence-electron chi connectivity index (χ2n) is 2.63. The molecule has 0 saturated heterocycles. The van der Waals surface area contributed by atoms with Gasteiger partial charge >= 0.3 is 0 Å². The van der Waals surface area contributed by atoms with Crippen LogP contribution in [0.4, 0.5) is 0 Å². The lowest BCUT2D eigenvalue weighted by Crippen LogP contribution is -1.83. The molecular weight excluding hydrogens is 202 g/mol. The smallest absolute Gasteiger partial charge is 0.123 e. The van der Waals surface area contributed by atoms with Crippen LogP contribution in [0.3, 0.4) is 0 Å². The van der Waals surface area contributed by atoms with E-state index in [2.05, 4.69) is 11.1 Å². The third-order valence-electron chi connectivity index (χ3n) is 1.82. The maximum Gasteiger partial charge on any atom is 0.123 e. The minimum absolute atomic E-state index is 0.537. The number of aromatic nitrogens is 1. The molecule has 0 radical (unpaired) electrons. The Kier molecular flexibility index (Phi) is 2.62. The van der Waals surface area contributed by atoms with Crippen molar-refractivity contribution < 1.29 is 0 Å². The Bertz CT molecular complexity index is 384. The first kappa shape index (κ1) is 8.73. The van der Waals surface area contributed by atoms with Gasteiger partial charge in [-0.15, -0.1) is 22.9 Å². The van der Waals surface area contributed by atoms with E-state index in [0.29, 0.717) is 5.88 Å². The quantitative estimate of drug-likeness (QED) is 0.690. The predicted molar refractivity (Wildman–Crippen MR) is 57.1 cm³/mol. The Labute approximate surface area is 86.0 Å². The summed E-state index contributed by atoms with van der Waals surface area (Å²) in [4.78, 5) is 4.25. The van der Waals surface area contributed by atoms with Gasteiger partial charge in [0.2, 0.25) is 0 Å². The zero-order valence-corrected chi connectivity index (χ0v) is 8.48. The SMILES string of the molecule is ClCc1ccccc1-c1nccs1. The number of hydrogen-bond acceptors (Lipinski definition) is 2. The van der Waals surface area contributed by atoms with Gasteiger partial charge in [-0.25, -0.2) is 4.98 Å². The van der Waals surface area contributed by atoms with E-state index in [1.165, 1.54) is 0 Å². The van der Waals surface area contributed by atoms with Crippen LogP contribution in [0.1, 0.15) is 5.56 Å². The molecule has 1 heterocycles. The molecule has 0 fully saturated rings. The van der Waals surface area contributed by atoms with E-state index >= 15 is 0 Å². The molecule has 1 aromatic carbocycles. The summed E-state index contributed by atoms with van der Waals surface area (Å²) in [7, 11) is 0. The molecule has 0 aliphatic carbocycles. The van der Waals surface area contributed by atoms with Gasteiger partial charge in [-0.3, -0.25) is 0 Å². The Balaban J connectivity index is 2.51. The molecule has 3 heteroatoms. The van der Waals surface area contributed by atoms with Gasteiger partial charge < -0.3 is 0 Å². The van der Waals surface area contributed by atoms with Crippen LogP contribution in [-0.2, 0) is 5.88 Å². The van der Waals surface area contributed by atoms with Crippen molar-refractivity contribution in [1.82, 2.24) is 4.98 Å². The molecule has 0 unspecified atom stereocenters. The van der Waals surface area contributed by atoms with E-state index in [0.717, 1.165) is 16.1 Å². The third-order valence-corrected chi connectivity index (χ3v) is 2.92. The van der Waals surface area contributed by atoms with Crippen molar-refractivity contribution in [2.24, 2.45) is 0 Å². The summed E-state index contributed by atoms with van der Waals surface area (Å²) in [6.07, 6.45) is 1.81. The number of rotatable bonds is 2. The minimum Gasteiger partial charge on any atom is -0.245 e. The molecule has 0 amide bonds. The maximum absolute atomic E-state index is 5.83. The van der Waals surface area contributed by atoms with Crippen LogP contribution in [-0.4, -0.2) is 4.98 Å². The highest BCUT2D eigenvalue weighted by molar-refractivity contribution is 7.13. The van der Waals surface area contributed by atoms with Gasteiger partial charge in [0.05, 0.1) is 0 Å². The number of nitrogens with zero attached hydrogens (tertiary/aromatic N) is 1. The molecule has 0 bridgehead atoms. The molecule has 0 aliphatic heterocycles. The lowest BCUT2D eigenvalue weighted by molar-refractivity contribution is 1.35. The van der Waals surface area contributed by atoms with Crippen molar-refractivity contribution in [3.05, 3.63) is 41.4 Å². The number of thiazole rings is 1. The Morgan fingerprint density at radius 3 is 2.85 bits per heavy atom. The highest BCUT2D eigenvalue weighted by Gasteiger charge is 2.04. The van der Waals surface area contributed by atoms with Crippen molar-refractivity contribution in [3.8, 4) is 10.6 Å². The van der Waals surface area contributed by atoms with E-state index < -0.39 is 0 Å². The normalized spacial score (nSPS) is 10.2. The monoisotopic (exact) mass is 209 g/mol. The largest absolute Gasteiger partial charge is 0.245 e. The van der Waals surface area contributed by atoms with Gasteiger partial charge in [0.15, 0.2) is 0 Å². The van der Waals surface area contributed by atoms with E-state index in [-0.39, 0.29) is 0 Å². The van der Waals surface area contributed by atoms with E-state index in [9.17, 15) is 0 Å². The zero-order valence-electron chi connectivity index (χ0n) is 6.90. The molecule has 0 atom stereocenters. The summed E-state index contributed by atoms with van der Waals surface area (Å²) in [5.74, 6) is 0.537. The van der Waals surface area contributed by atoms with E-state index in [1.807, 2.05) is 29.8 Å². The number of hydrogen-bond donors (Lipinski definition) is 0. The third kappa shape index (κ3) is 1.74. The maximum atomic E-state index is 5.83. The molecule has 2 aromatic rings. The highest BCUT2D eigenvalue weighted by atomic mass is 35.5. The standard InChI is InChI=1S/C10H8ClNS/c11-7-8-3-1-2-4-9(8)10-12-5-6-13-10/h1-6H,7H2. The Hall–Kier alpha value is -0.860. The summed E-state index contributed by atoms with van der Waals surface area (Å²) < 4.78 is 0. The van der Waals surface area contributed by atoms with Crippen LogP contribution >= 0.6 is 22.9 Å². The molecule has 0 saturated carbocycles. The molecule has 13 heavy (non-hydrogen) atoms. The van der Waals surface area contributed by atoms with Crippen LogP contribution in [0, 0.1) is 0 Å². The first-order chi connectivity index (χ1) is 6.42. The first-order valence-electron chi connectivity index (χ1n) is 3.95. The molecule has 0 spiro atoms. The van der Waals surface area contributed by atoms with Crippen LogP contribution in [0.2, 0.25) is 0 Å². The van der Waals surface area contributed by atoms with Crippen molar-refractivity contribution in [1.29, 1.82) is 0 Å². The predicted octanol–water partition coefficient (Wildman–Crippen LogP) is 3.55. The molecule has 0 aliphatic rings. The van der Waals surface area contributed by atoms with Gasteiger partial charge in [0.25, 0.3) is 0 Å². The Morgan fingerprint density at radius 1 is 1.31 bits per heavy atom. The van der Waals surface area contributed by atoms with Gasteiger partial charge in [-0.2, -0.15) is 0 Å². The van der Waals surface area contributed by atoms with Gasteiger partial charge in [-0.05, 0) is 5.56 Å². The minimum atomic E-state index is 0.537. The molecule has 66 valence electrons. The fourth-order valence-corrected chi connectivity index (χ4v) is 2.13. The zero-order chi connectivity index (χ0) is 9.10. The van der Waals surface area contributed by atoms with Gasteiger partial charge in [0.1, 0.15) is 5.01 Å². The Morgan fingerprint density at radius 2 is 2.15 bits per heavy atom. The van der Waals surface area contributed by atoms with Crippen molar-refractivity contribution in [2.75, 3.05) is 0 Å². The van der Waals surface area contributed by atoms with Gasteiger partial charge in [0, 0.05) is 23.0 Å². The lowest BCUT2D eigenvalue weighted by atomic mass is 10.1. The van der Waals surface area contributed by atoms with Crippen LogP contribution in [0.25, 0.3) is 10.6 Å². The summed E-state index contributed by atoms with van der Waals surface area (Å²) in [5, 5.41) is 3.01. The average Bonchev–Trinajstić information content (AvgIpc) is 2.70. The van der Waals surface area contributed by atoms with Gasteiger partial charge in [-0.1, -0.05) is 24.3 Å². The highest BCUT2D eigenvalue weighted by Crippen LogP contribution is 2.26. The summed E-state index contributed by atoms with van der Waals surface area (Å²) in [6.45, 7) is 0. The van der Waals surface area contributed by atoms with Crippen LogP contribution in [0.15, 0.2) is 35.8 Å². The van der Waals surface area contributed by atoms with E-state index in [4.69, 9.17) is 11.6 Å². The summed E-state index contributed by atoms with van der Waals surface area (Å²) in [6, 6.07) is 8.09. The molecule has 0 N–H and O–H groups in total. The van der Waals surface area contributed by atoms with Crippen molar-refractivity contribution in [2.45, 2.75) is 5.88 Å². The van der Waals surface area contributed by atoms with Crippen LogP contribution in [0.5, 0.6) is 0 Å². The molecule has 1 aromatic heterocycles. The van der Waals surface area contributed by atoms with Crippen molar-refractivity contribution >= 4 is 22.9 Å². The second-order valence-corrected chi connectivity index (χ2v) is 3.79. The topological polar surface area (TPSA) is 12.9 Å². The fourth-order valence-electron chi connectivity index (χ4n) is 1.20. The van der Waals surface area contributed by atoms with Crippen LogP contribution < -0.4 is 0 Å². The number of benzene rings is 1. The molecular formula is C10H8ClNS. The van der Waals surface area contributed by atoms with Crippen molar-refractivity contribution in [3.63, 3.8) is 0 Å². The average molecular weight is 210 g/mol. The number of halogens is 1. The fraction of sp³-hybridized carbons (Fsp3) is 0.100. The summed E-state index contributed by atoms with van der Waals surface area (Å²) >= 11 is 7.46. The van der Waals surface area contributed by atoms with E-state index in [1.54, 1.807) is 11.3 Å². The first-order valence-corrected chi connectivity index (χ1v) is 5.37. The second kappa shape index (κ2) is 3.90. The number of alkyl halides is 1. The molecule has 2 rings (SSSR count). The summed E-state index contributed by atoms with van der Waals surface area (Å²) in [5.41, 5.74) is 2.28. The lowest BCUT2D eigenvalue weighted by Gasteiger charge is -2.01. The molecule has 1 nitrogen and oxygen atoms in total.